The lowest BCUT2D eigenvalue weighted by atomic mass is 10.00. The SMILES string of the molecule is COc1cc(C(=O)N[C@@H](Cc2ccccc2)[C@H](O)CN(C[C@H](C)O)S(=O)(=O)c2ccc(C(F)(F)F)cc2)cc(OC)c1O. The summed E-state index contributed by atoms with van der Waals surface area (Å²) < 4.78 is 76.9. The van der Waals surface area contributed by atoms with Gasteiger partial charge in [0, 0.05) is 18.7 Å². The van der Waals surface area contributed by atoms with E-state index in [-0.39, 0.29) is 29.2 Å². The third-order valence-corrected chi connectivity index (χ3v) is 8.35. The number of nitrogens with one attached hydrogen (secondary N) is 1. The zero-order valence-corrected chi connectivity index (χ0v) is 24.4. The minimum absolute atomic E-state index is 0.00924. The first-order valence-corrected chi connectivity index (χ1v) is 14.4. The predicted octanol–water partition coefficient (Wildman–Crippen LogP) is 3.20. The molecule has 3 atom stereocenters. The number of phenols is 1. The van der Waals surface area contributed by atoms with Crippen molar-refractivity contribution in [1.82, 2.24) is 9.62 Å². The molecule has 0 spiro atoms. The van der Waals surface area contributed by atoms with Gasteiger partial charge in [0.1, 0.15) is 0 Å². The summed E-state index contributed by atoms with van der Waals surface area (Å²) in [4.78, 5) is 12.8. The molecule has 3 rings (SSSR count). The van der Waals surface area contributed by atoms with Crippen LogP contribution in [0.25, 0.3) is 0 Å². The molecule has 14 heteroatoms. The molecule has 1 amide bonds. The van der Waals surface area contributed by atoms with Crippen molar-refractivity contribution >= 4 is 15.9 Å². The molecule has 3 aromatic rings. The quantitative estimate of drug-likeness (QED) is 0.226. The van der Waals surface area contributed by atoms with Gasteiger partial charge in [-0.1, -0.05) is 30.3 Å². The first kappa shape index (κ1) is 33.6. The van der Waals surface area contributed by atoms with Crippen LogP contribution in [0.15, 0.2) is 71.6 Å². The molecular formula is C29H33F3N2O8S. The summed E-state index contributed by atoms with van der Waals surface area (Å²) in [6.45, 7) is 0.212. The summed E-state index contributed by atoms with van der Waals surface area (Å²) in [5.41, 5.74) is -0.336. The Morgan fingerprint density at radius 1 is 0.953 bits per heavy atom. The number of carbonyl (C=O) groups is 1. The number of carbonyl (C=O) groups excluding carboxylic acids is 1. The number of nitrogens with zero attached hydrogens (tertiary/aromatic N) is 1. The Bertz CT molecular complexity index is 1460. The fraction of sp³-hybridized carbons (Fsp3) is 0.345. The lowest BCUT2D eigenvalue weighted by Crippen LogP contribution is -2.51. The van der Waals surface area contributed by atoms with E-state index in [1.54, 1.807) is 30.3 Å². The molecular weight excluding hydrogens is 593 g/mol. The molecule has 0 aliphatic rings. The molecule has 0 saturated heterocycles. The van der Waals surface area contributed by atoms with Crippen LogP contribution >= 0.6 is 0 Å². The van der Waals surface area contributed by atoms with Crippen LogP contribution in [-0.4, -0.2) is 79.5 Å². The van der Waals surface area contributed by atoms with E-state index in [4.69, 9.17) is 9.47 Å². The van der Waals surface area contributed by atoms with E-state index < -0.39 is 63.9 Å². The van der Waals surface area contributed by atoms with Crippen LogP contribution in [0.2, 0.25) is 0 Å². The van der Waals surface area contributed by atoms with Crippen LogP contribution in [-0.2, 0) is 22.6 Å². The fourth-order valence-corrected chi connectivity index (χ4v) is 5.83. The molecule has 0 fully saturated rings. The molecule has 234 valence electrons. The van der Waals surface area contributed by atoms with Crippen molar-refractivity contribution in [3.05, 3.63) is 83.4 Å². The Morgan fingerprint density at radius 2 is 1.51 bits per heavy atom. The van der Waals surface area contributed by atoms with Crippen LogP contribution in [0.5, 0.6) is 17.2 Å². The number of hydrogen-bond acceptors (Lipinski definition) is 8. The van der Waals surface area contributed by atoms with E-state index in [0.29, 0.717) is 17.7 Å². The number of phenolic OH excluding ortho intramolecular Hbond substituents is 1. The number of aliphatic hydroxyl groups excluding tert-OH is 2. The summed E-state index contributed by atoms with van der Waals surface area (Å²) in [6, 6.07) is 13.0. The molecule has 0 unspecified atom stereocenters. The maximum Gasteiger partial charge on any atom is 0.416 e. The highest BCUT2D eigenvalue weighted by atomic mass is 32.2. The Kier molecular flexibility index (Phi) is 11.0. The largest absolute Gasteiger partial charge is 0.502 e. The van der Waals surface area contributed by atoms with Crippen LogP contribution in [0.4, 0.5) is 13.2 Å². The van der Waals surface area contributed by atoms with Gasteiger partial charge in [0.25, 0.3) is 5.91 Å². The Morgan fingerprint density at radius 3 is 2.00 bits per heavy atom. The van der Waals surface area contributed by atoms with Gasteiger partial charge in [-0.15, -0.1) is 0 Å². The van der Waals surface area contributed by atoms with Crippen molar-refractivity contribution in [2.24, 2.45) is 0 Å². The number of amides is 1. The average Bonchev–Trinajstić information content (AvgIpc) is 2.96. The number of aliphatic hydroxyl groups is 2. The van der Waals surface area contributed by atoms with Gasteiger partial charge in [-0.3, -0.25) is 4.79 Å². The van der Waals surface area contributed by atoms with Gasteiger partial charge in [0.2, 0.25) is 15.8 Å². The van der Waals surface area contributed by atoms with Gasteiger partial charge >= 0.3 is 6.18 Å². The molecule has 3 aromatic carbocycles. The van der Waals surface area contributed by atoms with Crippen molar-refractivity contribution in [3.63, 3.8) is 0 Å². The topological polar surface area (TPSA) is 146 Å². The molecule has 0 aromatic heterocycles. The lowest BCUT2D eigenvalue weighted by molar-refractivity contribution is -0.137. The highest BCUT2D eigenvalue weighted by Crippen LogP contribution is 2.37. The van der Waals surface area contributed by atoms with Crippen molar-refractivity contribution in [2.45, 2.75) is 42.7 Å². The normalized spacial score (nSPS) is 14.2. The van der Waals surface area contributed by atoms with Gasteiger partial charge in [0.15, 0.2) is 11.5 Å². The first-order valence-electron chi connectivity index (χ1n) is 13.0. The third-order valence-electron chi connectivity index (χ3n) is 6.50. The minimum Gasteiger partial charge on any atom is -0.502 e. The van der Waals surface area contributed by atoms with Gasteiger partial charge < -0.3 is 30.1 Å². The number of sulfonamides is 1. The molecule has 0 saturated carbocycles. The summed E-state index contributed by atoms with van der Waals surface area (Å²) in [6.07, 6.45) is -7.36. The molecule has 0 bridgehead atoms. The van der Waals surface area contributed by atoms with Crippen molar-refractivity contribution < 1.29 is 51.2 Å². The molecule has 4 N–H and O–H groups in total. The van der Waals surface area contributed by atoms with E-state index in [1.807, 2.05) is 0 Å². The van der Waals surface area contributed by atoms with Crippen molar-refractivity contribution in [1.29, 1.82) is 0 Å². The molecule has 0 radical (unpaired) electrons. The zero-order chi connectivity index (χ0) is 31.9. The first-order chi connectivity index (χ1) is 20.2. The Labute approximate surface area is 247 Å². The maximum absolute atomic E-state index is 13.4. The second-order valence-electron chi connectivity index (χ2n) is 9.76. The van der Waals surface area contributed by atoms with E-state index in [2.05, 4.69) is 5.32 Å². The molecule has 10 nitrogen and oxygen atoms in total. The summed E-state index contributed by atoms with van der Waals surface area (Å²) in [5, 5.41) is 34.2. The molecule has 0 aliphatic carbocycles. The van der Waals surface area contributed by atoms with E-state index in [1.165, 1.54) is 33.3 Å². The standard InChI is InChI=1S/C29H33F3N2O8S/c1-18(35)16-34(43(39,40)22-11-9-21(10-12-22)29(30,31)32)17-24(36)23(13-19-7-5-4-6-8-19)33-28(38)20-14-25(41-2)27(37)26(15-20)42-3/h4-12,14-15,18,23-24,35-37H,13,16-17H2,1-3H3,(H,33,38)/t18-,23-,24+/m0/s1. The number of ether oxygens (including phenoxy) is 2. The monoisotopic (exact) mass is 626 g/mol. The fourth-order valence-electron chi connectivity index (χ4n) is 4.29. The van der Waals surface area contributed by atoms with E-state index in [0.717, 1.165) is 16.4 Å². The van der Waals surface area contributed by atoms with Gasteiger partial charge in [-0.2, -0.15) is 17.5 Å². The van der Waals surface area contributed by atoms with Crippen LogP contribution in [0.3, 0.4) is 0 Å². The Hall–Kier alpha value is -3.85. The number of aromatic hydroxyl groups is 1. The molecule has 0 aliphatic heterocycles. The number of benzene rings is 3. The highest BCUT2D eigenvalue weighted by molar-refractivity contribution is 7.89. The second kappa shape index (κ2) is 14.1. The minimum atomic E-state index is -4.67. The molecule has 0 heterocycles. The third kappa shape index (κ3) is 8.60. The van der Waals surface area contributed by atoms with Gasteiger partial charge in [0.05, 0.1) is 42.9 Å². The predicted molar refractivity (Wildman–Crippen MR) is 151 cm³/mol. The summed E-state index contributed by atoms with van der Waals surface area (Å²) >= 11 is 0. The zero-order valence-electron chi connectivity index (χ0n) is 23.6. The van der Waals surface area contributed by atoms with Crippen LogP contribution in [0, 0.1) is 0 Å². The summed E-state index contributed by atoms with van der Waals surface area (Å²) in [5.74, 6) is -1.13. The smallest absolute Gasteiger partial charge is 0.416 e. The van der Waals surface area contributed by atoms with Gasteiger partial charge in [-0.25, -0.2) is 8.42 Å². The van der Waals surface area contributed by atoms with Crippen molar-refractivity contribution in [2.75, 3.05) is 27.3 Å². The Balaban J connectivity index is 1.94. The van der Waals surface area contributed by atoms with E-state index >= 15 is 0 Å². The second-order valence-corrected chi connectivity index (χ2v) is 11.7. The van der Waals surface area contributed by atoms with Crippen LogP contribution in [0.1, 0.15) is 28.4 Å². The van der Waals surface area contributed by atoms with Gasteiger partial charge in [-0.05, 0) is 55.3 Å². The number of halogens is 3. The van der Waals surface area contributed by atoms with Crippen molar-refractivity contribution in [3.8, 4) is 17.2 Å². The maximum atomic E-state index is 13.4. The highest BCUT2D eigenvalue weighted by Gasteiger charge is 2.34. The lowest BCUT2D eigenvalue weighted by Gasteiger charge is -2.30. The summed E-state index contributed by atoms with van der Waals surface area (Å²) in [7, 11) is -1.92. The molecule has 43 heavy (non-hydrogen) atoms. The number of hydrogen-bond donors (Lipinski definition) is 4. The number of alkyl halides is 3. The van der Waals surface area contributed by atoms with E-state index in [9.17, 15) is 41.7 Å². The average molecular weight is 627 g/mol. The van der Waals surface area contributed by atoms with Crippen LogP contribution < -0.4 is 14.8 Å². The number of rotatable bonds is 13. The number of methoxy groups -OCH3 is 2.